The van der Waals surface area contributed by atoms with Gasteiger partial charge in [0.1, 0.15) is 11.3 Å². The van der Waals surface area contributed by atoms with E-state index in [4.69, 9.17) is 0 Å². The highest BCUT2D eigenvalue weighted by atomic mass is 16.3. The van der Waals surface area contributed by atoms with Crippen molar-refractivity contribution in [2.45, 2.75) is 38.6 Å². The molecule has 0 atom stereocenters. The molecule has 0 bridgehead atoms. The first-order valence-corrected chi connectivity index (χ1v) is 5.49. The number of rotatable bonds is 2. The van der Waals surface area contributed by atoms with Crippen LogP contribution in [0.1, 0.15) is 36.0 Å². The highest BCUT2D eigenvalue weighted by molar-refractivity contribution is 5.50. The number of phenolic OH excluding ortho intramolecular Hbond substituents is 1. The van der Waals surface area contributed by atoms with Gasteiger partial charge >= 0.3 is 0 Å². The Hall–Kier alpha value is -1.60. The van der Waals surface area contributed by atoms with Crippen LogP contribution in [0, 0.1) is 13.8 Å². The van der Waals surface area contributed by atoms with E-state index in [-0.39, 0.29) is 5.75 Å². The Labute approximate surface area is 94.8 Å². The Morgan fingerprint density at radius 3 is 2.50 bits per heavy atom. The molecule has 3 nitrogen and oxygen atoms in total. The summed E-state index contributed by atoms with van der Waals surface area (Å²) < 4.78 is 0. The third-order valence-corrected chi connectivity index (χ3v) is 3.36. The van der Waals surface area contributed by atoms with Crippen LogP contribution >= 0.6 is 0 Å². The molecule has 84 valence electrons. The average Bonchev–Trinajstić information content (AvgIpc) is 2.12. The van der Waals surface area contributed by atoms with Gasteiger partial charge in [0.25, 0.3) is 0 Å². The van der Waals surface area contributed by atoms with Crippen LogP contribution in [0.5, 0.6) is 5.75 Å². The fourth-order valence-electron chi connectivity index (χ4n) is 2.57. The largest absolute Gasteiger partial charge is 0.508 e. The van der Waals surface area contributed by atoms with Gasteiger partial charge in [0.05, 0.1) is 0 Å². The van der Waals surface area contributed by atoms with Crippen molar-refractivity contribution in [3.05, 3.63) is 28.8 Å². The summed E-state index contributed by atoms with van der Waals surface area (Å²) in [6.45, 7) is 3.88. The first-order valence-electron chi connectivity index (χ1n) is 5.49. The van der Waals surface area contributed by atoms with Crippen molar-refractivity contribution >= 4 is 6.08 Å². The molecule has 3 heteroatoms. The Morgan fingerprint density at radius 2 is 2.06 bits per heavy atom. The van der Waals surface area contributed by atoms with Crippen LogP contribution in [0.2, 0.25) is 0 Å². The predicted octanol–water partition coefficient (Wildman–Crippen LogP) is 2.72. The van der Waals surface area contributed by atoms with Crippen LogP contribution in [0.25, 0.3) is 0 Å². The van der Waals surface area contributed by atoms with E-state index in [2.05, 4.69) is 4.99 Å². The standard InChI is InChI=1S/C13H15NO2/c1-9-6-10(2)12(11(16)7-9)13(14-8-15)4-3-5-13/h6-7,16H,3-5H2,1-2H3. The minimum atomic E-state index is -0.510. The lowest BCUT2D eigenvalue weighted by molar-refractivity contribution is 0.246. The van der Waals surface area contributed by atoms with E-state index in [1.807, 2.05) is 19.9 Å². The average molecular weight is 217 g/mol. The summed E-state index contributed by atoms with van der Waals surface area (Å²) in [5, 5.41) is 10.0. The Balaban J connectivity index is 2.58. The molecule has 0 heterocycles. The van der Waals surface area contributed by atoms with Gasteiger partial charge in [0, 0.05) is 5.56 Å². The normalized spacial score (nSPS) is 17.4. The summed E-state index contributed by atoms with van der Waals surface area (Å²) in [5.41, 5.74) is 2.30. The summed E-state index contributed by atoms with van der Waals surface area (Å²) in [5.74, 6) is 0.246. The highest BCUT2D eigenvalue weighted by Crippen LogP contribution is 2.49. The topological polar surface area (TPSA) is 49.7 Å². The van der Waals surface area contributed by atoms with Crippen molar-refractivity contribution in [2.24, 2.45) is 4.99 Å². The lowest BCUT2D eigenvalue weighted by Gasteiger charge is -2.38. The third kappa shape index (κ3) is 1.54. The van der Waals surface area contributed by atoms with Crippen molar-refractivity contribution in [3.63, 3.8) is 0 Å². The Kier molecular flexibility index (Phi) is 2.56. The van der Waals surface area contributed by atoms with Crippen LogP contribution in [0.3, 0.4) is 0 Å². The van der Waals surface area contributed by atoms with E-state index in [1.165, 1.54) is 0 Å². The molecule has 0 amide bonds. The van der Waals surface area contributed by atoms with E-state index in [1.54, 1.807) is 12.1 Å². The van der Waals surface area contributed by atoms with Crippen LogP contribution in [-0.2, 0) is 10.3 Å². The number of benzene rings is 1. The summed E-state index contributed by atoms with van der Waals surface area (Å²) in [4.78, 5) is 14.4. The summed E-state index contributed by atoms with van der Waals surface area (Å²) in [6, 6.07) is 3.73. The molecule has 0 radical (unpaired) electrons. The van der Waals surface area contributed by atoms with Gasteiger partial charge in [-0.15, -0.1) is 0 Å². The number of nitrogens with zero attached hydrogens (tertiary/aromatic N) is 1. The molecule has 1 aliphatic rings. The SMILES string of the molecule is Cc1cc(C)c(C2(N=C=O)CCC2)c(O)c1. The summed E-state index contributed by atoms with van der Waals surface area (Å²) >= 11 is 0. The highest BCUT2D eigenvalue weighted by Gasteiger charge is 2.41. The number of carbonyl (C=O) groups excluding carboxylic acids is 1. The number of aromatic hydroxyl groups is 1. The third-order valence-electron chi connectivity index (χ3n) is 3.36. The van der Waals surface area contributed by atoms with Gasteiger partial charge in [-0.3, -0.25) is 0 Å². The lowest BCUT2D eigenvalue weighted by Crippen LogP contribution is -2.32. The van der Waals surface area contributed by atoms with Gasteiger partial charge in [-0.25, -0.2) is 4.79 Å². The zero-order valence-corrected chi connectivity index (χ0v) is 9.58. The van der Waals surface area contributed by atoms with E-state index in [0.29, 0.717) is 0 Å². The second kappa shape index (κ2) is 3.76. The summed E-state index contributed by atoms with van der Waals surface area (Å²) in [7, 11) is 0. The predicted molar refractivity (Wildman–Crippen MR) is 61.2 cm³/mol. The number of hydrogen-bond acceptors (Lipinski definition) is 3. The minimum absolute atomic E-state index is 0.246. The molecule has 0 unspecified atom stereocenters. The monoisotopic (exact) mass is 217 g/mol. The molecule has 0 aromatic heterocycles. The van der Waals surface area contributed by atoms with Gasteiger partial charge in [0.2, 0.25) is 6.08 Å². The molecule has 16 heavy (non-hydrogen) atoms. The molecule has 1 saturated carbocycles. The van der Waals surface area contributed by atoms with Crippen molar-refractivity contribution in [3.8, 4) is 5.75 Å². The van der Waals surface area contributed by atoms with Gasteiger partial charge in [-0.05, 0) is 50.3 Å². The number of aliphatic imine (C=N–C) groups is 1. The number of phenols is 1. The molecule has 1 fully saturated rings. The van der Waals surface area contributed by atoms with E-state index >= 15 is 0 Å². The van der Waals surface area contributed by atoms with Crippen LogP contribution in [-0.4, -0.2) is 11.2 Å². The number of hydrogen-bond donors (Lipinski definition) is 1. The molecular weight excluding hydrogens is 202 g/mol. The lowest BCUT2D eigenvalue weighted by atomic mass is 9.70. The van der Waals surface area contributed by atoms with Crippen molar-refractivity contribution in [1.82, 2.24) is 0 Å². The first-order chi connectivity index (χ1) is 7.59. The van der Waals surface area contributed by atoms with Crippen LogP contribution in [0.15, 0.2) is 17.1 Å². The number of aryl methyl sites for hydroxylation is 2. The summed E-state index contributed by atoms with van der Waals surface area (Å²) in [6.07, 6.45) is 4.32. The molecule has 2 rings (SSSR count). The maximum Gasteiger partial charge on any atom is 0.235 e. The molecule has 1 N–H and O–H groups in total. The maximum absolute atomic E-state index is 10.5. The second-order valence-corrected chi connectivity index (χ2v) is 4.56. The van der Waals surface area contributed by atoms with Crippen LogP contribution in [0.4, 0.5) is 0 Å². The van der Waals surface area contributed by atoms with Crippen LogP contribution < -0.4 is 0 Å². The Morgan fingerprint density at radius 1 is 1.38 bits per heavy atom. The first kappa shape index (κ1) is 10.9. The Bertz CT molecular complexity index is 446. The molecule has 0 saturated heterocycles. The molecule has 0 spiro atoms. The smallest absolute Gasteiger partial charge is 0.235 e. The quantitative estimate of drug-likeness (QED) is 0.611. The minimum Gasteiger partial charge on any atom is -0.508 e. The molecule has 1 aromatic carbocycles. The van der Waals surface area contributed by atoms with Crippen molar-refractivity contribution < 1.29 is 9.90 Å². The molecular formula is C13H15NO2. The van der Waals surface area contributed by atoms with E-state index < -0.39 is 5.54 Å². The zero-order chi connectivity index (χ0) is 11.8. The fraction of sp³-hybridized carbons (Fsp3) is 0.462. The number of isocyanates is 1. The van der Waals surface area contributed by atoms with Gasteiger partial charge in [-0.2, -0.15) is 4.99 Å². The van der Waals surface area contributed by atoms with Gasteiger partial charge in [0.15, 0.2) is 0 Å². The van der Waals surface area contributed by atoms with Crippen molar-refractivity contribution in [1.29, 1.82) is 0 Å². The van der Waals surface area contributed by atoms with Gasteiger partial charge < -0.3 is 5.11 Å². The second-order valence-electron chi connectivity index (χ2n) is 4.56. The van der Waals surface area contributed by atoms with Crippen molar-refractivity contribution in [2.75, 3.05) is 0 Å². The fourth-order valence-corrected chi connectivity index (χ4v) is 2.57. The molecule has 1 aromatic rings. The van der Waals surface area contributed by atoms with E-state index in [9.17, 15) is 9.90 Å². The maximum atomic E-state index is 10.5. The zero-order valence-electron chi connectivity index (χ0n) is 9.58. The molecule has 0 aliphatic heterocycles. The van der Waals surface area contributed by atoms with Gasteiger partial charge in [-0.1, -0.05) is 6.07 Å². The van der Waals surface area contributed by atoms with E-state index in [0.717, 1.165) is 36.0 Å². The molecule has 1 aliphatic carbocycles.